The van der Waals surface area contributed by atoms with Crippen molar-refractivity contribution < 1.29 is 23.9 Å². The molecule has 3 saturated carbocycles. The number of carbonyl (C=O) groups is 3. The molecular formula is C33H49NO5. The molecule has 1 aliphatic heterocycles. The molecule has 5 rings (SSSR count). The Hall–Kier alpha value is -2.11. The van der Waals surface area contributed by atoms with Crippen molar-refractivity contribution in [3.05, 3.63) is 23.4 Å². The maximum absolute atomic E-state index is 12.6. The summed E-state index contributed by atoms with van der Waals surface area (Å²) in [6.45, 7) is 15.0. The van der Waals surface area contributed by atoms with Gasteiger partial charge in [0.05, 0.1) is 0 Å². The van der Waals surface area contributed by atoms with Crippen LogP contribution >= 0.6 is 0 Å². The van der Waals surface area contributed by atoms with Gasteiger partial charge < -0.3 is 14.4 Å². The minimum absolute atomic E-state index is 0.0435. The summed E-state index contributed by atoms with van der Waals surface area (Å²) in [6.07, 6.45) is 12.4. The van der Waals surface area contributed by atoms with E-state index in [2.05, 4.69) is 44.7 Å². The number of amides is 1. The summed E-state index contributed by atoms with van der Waals surface area (Å²) in [5.41, 5.74) is 2.67. The van der Waals surface area contributed by atoms with Crippen LogP contribution in [0.1, 0.15) is 99.8 Å². The molecule has 0 aromatic rings. The lowest BCUT2D eigenvalue weighted by Crippen LogP contribution is -2.55. The Morgan fingerprint density at radius 3 is 2.31 bits per heavy atom. The van der Waals surface area contributed by atoms with E-state index < -0.39 is 12.2 Å². The van der Waals surface area contributed by atoms with Gasteiger partial charge in [-0.05, 0) is 103 Å². The number of esters is 2. The van der Waals surface area contributed by atoms with Gasteiger partial charge in [-0.2, -0.15) is 0 Å². The van der Waals surface area contributed by atoms with Gasteiger partial charge in [0.1, 0.15) is 6.10 Å². The maximum Gasteiger partial charge on any atom is 0.303 e. The molecule has 0 radical (unpaired) electrons. The molecule has 5 aliphatic rings. The van der Waals surface area contributed by atoms with E-state index in [4.69, 9.17) is 9.47 Å². The highest BCUT2D eigenvalue weighted by Gasteiger charge is 2.61. The number of carbonyl (C=O) groups excluding carboxylic acids is 3. The normalized spacial score (nSPS) is 42.2. The first-order chi connectivity index (χ1) is 18.4. The van der Waals surface area contributed by atoms with Crippen LogP contribution in [0.25, 0.3) is 0 Å². The largest absolute Gasteiger partial charge is 0.458 e. The lowest BCUT2D eigenvalue weighted by Gasteiger charge is -2.59. The van der Waals surface area contributed by atoms with E-state index in [0.717, 1.165) is 32.2 Å². The summed E-state index contributed by atoms with van der Waals surface area (Å²) in [5, 5.41) is 0. The minimum Gasteiger partial charge on any atom is -0.458 e. The van der Waals surface area contributed by atoms with Crippen LogP contribution in [0.15, 0.2) is 23.4 Å². The molecule has 6 nitrogen and oxygen atoms in total. The fraction of sp³-hybridized carbons (Fsp3) is 0.788. The predicted octanol–water partition coefficient (Wildman–Crippen LogP) is 6.45. The molecule has 1 heterocycles. The van der Waals surface area contributed by atoms with Crippen molar-refractivity contribution in [1.82, 2.24) is 4.90 Å². The Morgan fingerprint density at radius 2 is 1.64 bits per heavy atom. The molecule has 3 fully saturated rings. The molecule has 0 aromatic carbocycles. The van der Waals surface area contributed by atoms with E-state index in [9.17, 15) is 14.4 Å². The van der Waals surface area contributed by atoms with Gasteiger partial charge in [0.15, 0.2) is 6.10 Å². The number of rotatable bonds is 4. The van der Waals surface area contributed by atoms with E-state index in [1.54, 1.807) is 6.92 Å². The second kappa shape index (κ2) is 10.4. The van der Waals surface area contributed by atoms with Crippen LogP contribution < -0.4 is 0 Å². The topological polar surface area (TPSA) is 72.9 Å². The van der Waals surface area contributed by atoms with Crippen molar-refractivity contribution in [3.63, 3.8) is 0 Å². The van der Waals surface area contributed by atoms with Crippen LogP contribution in [0, 0.1) is 46.3 Å². The highest BCUT2D eigenvalue weighted by Crippen LogP contribution is 2.67. The summed E-state index contributed by atoms with van der Waals surface area (Å²) in [7, 11) is 0. The van der Waals surface area contributed by atoms with Crippen molar-refractivity contribution in [1.29, 1.82) is 0 Å². The molecule has 1 amide bonds. The van der Waals surface area contributed by atoms with Crippen LogP contribution in [0.5, 0.6) is 0 Å². The summed E-state index contributed by atoms with van der Waals surface area (Å²) in [6, 6.07) is 0. The highest BCUT2D eigenvalue weighted by molar-refractivity contribution is 5.75. The smallest absolute Gasteiger partial charge is 0.303 e. The minimum atomic E-state index is -0.478. The lowest BCUT2D eigenvalue weighted by atomic mass is 9.46. The Labute approximate surface area is 234 Å². The third-order valence-corrected chi connectivity index (χ3v) is 11.8. The first-order valence-electron chi connectivity index (χ1n) is 15.4. The predicted molar refractivity (Wildman–Crippen MR) is 150 cm³/mol. The zero-order chi connectivity index (χ0) is 28.3. The van der Waals surface area contributed by atoms with Crippen LogP contribution in [-0.4, -0.2) is 41.5 Å². The van der Waals surface area contributed by atoms with E-state index >= 15 is 0 Å². The van der Waals surface area contributed by atoms with E-state index in [1.165, 1.54) is 50.8 Å². The molecule has 10 atom stereocenters. The standard InChI is InChI=1S/C33H49NO5/c1-19-8-13-29(34(18-19)21(3)35)20(2)25-11-12-26-24-9-10-28-31(39-23(5)37)30(38-22(4)36)15-17-33(28,7)27(24)14-16-32(25,26)6/h10,13,19-20,24-27,30-31H,8-9,11-12,14-18H2,1-7H3/t19-,20-,24-,25+,26-,27-,30-,31+,32+,33+/m0/s1. The molecule has 0 bridgehead atoms. The summed E-state index contributed by atoms with van der Waals surface area (Å²) in [4.78, 5) is 38.6. The molecule has 0 aromatic heterocycles. The quantitative estimate of drug-likeness (QED) is 0.303. The van der Waals surface area contributed by atoms with Crippen molar-refractivity contribution in [3.8, 4) is 0 Å². The third-order valence-electron chi connectivity index (χ3n) is 11.8. The first kappa shape index (κ1) is 28.4. The van der Waals surface area contributed by atoms with Gasteiger partial charge in [0.2, 0.25) is 5.91 Å². The molecule has 39 heavy (non-hydrogen) atoms. The van der Waals surface area contributed by atoms with E-state index in [0.29, 0.717) is 35.5 Å². The second-order valence-corrected chi connectivity index (χ2v) is 14.0. The first-order valence-corrected chi connectivity index (χ1v) is 15.4. The fourth-order valence-electron chi connectivity index (χ4n) is 10.1. The third kappa shape index (κ3) is 4.78. The summed E-state index contributed by atoms with van der Waals surface area (Å²) >= 11 is 0. The Morgan fingerprint density at radius 1 is 0.923 bits per heavy atom. The number of fused-ring (bicyclic) bond motifs is 5. The van der Waals surface area contributed by atoms with Crippen LogP contribution in [0.2, 0.25) is 0 Å². The van der Waals surface area contributed by atoms with Crippen molar-refractivity contribution in [2.75, 3.05) is 6.54 Å². The van der Waals surface area contributed by atoms with Gasteiger partial charge in [0, 0.05) is 33.0 Å². The molecule has 0 spiro atoms. The maximum atomic E-state index is 12.6. The molecule has 216 valence electrons. The van der Waals surface area contributed by atoms with E-state index in [-0.39, 0.29) is 28.7 Å². The molecule has 4 aliphatic carbocycles. The van der Waals surface area contributed by atoms with Crippen LogP contribution in [0.4, 0.5) is 0 Å². The molecule has 6 heteroatoms. The van der Waals surface area contributed by atoms with Crippen LogP contribution in [-0.2, 0) is 23.9 Å². The zero-order valence-electron chi connectivity index (χ0n) is 25.1. The average molecular weight is 540 g/mol. The summed E-state index contributed by atoms with van der Waals surface area (Å²) < 4.78 is 11.5. The SMILES string of the molecule is CC(=O)O[C@H]1CC[C@@]2(C)C(=CC[C@H]3[C@@H]4CC[C@H]([C@H](C)C5=CC[C@H](C)CN5C(C)=O)[C@@]4(C)CC[C@@H]32)[C@H]1OC(C)=O. The van der Waals surface area contributed by atoms with Crippen molar-refractivity contribution in [2.45, 2.75) is 112 Å². The second-order valence-electron chi connectivity index (χ2n) is 14.0. The fourth-order valence-corrected chi connectivity index (χ4v) is 10.1. The number of nitrogens with zero attached hydrogens (tertiary/aromatic N) is 1. The Balaban J connectivity index is 1.41. The number of allylic oxidation sites excluding steroid dienone is 3. The Kier molecular flexibility index (Phi) is 7.56. The van der Waals surface area contributed by atoms with Crippen molar-refractivity contribution >= 4 is 17.8 Å². The molecule has 0 unspecified atom stereocenters. The zero-order valence-corrected chi connectivity index (χ0v) is 25.1. The molecular weight excluding hydrogens is 490 g/mol. The molecule has 0 N–H and O–H groups in total. The van der Waals surface area contributed by atoms with Gasteiger partial charge in [0.25, 0.3) is 0 Å². The van der Waals surface area contributed by atoms with Gasteiger partial charge in [-0.1, -0.05) is 39.8 Å². The number of hydrogen-bond acceptors (Lipinski definition) is 5. The van der Waals surface area contributed by atoms with Gasteiger partial charge in [-0.15, -0.1) is 0 Å². The molecule has 0 saturated heterocycles. The highest BCUT2D eigenvalue weighted by atomic mass is 16.6. The lowest BCUT2D eigenvalue weighted by molar-refractivity contribution is -0.170. The van der Waals surface area contributed by atoms with Crippen LogP contribution in [0.3, 0.4) is 0 Å². The van der Waals surface area contributed by atoms with Crippen molar-refractivity contribution in [2.24, 2.45) is 46.3 Å². The van der Waals surface area contributed by atoms with Gasteiger partial charge in [-0.25, -0.2) is 0 Å². The van der Waals surface area contributed by atoms with Gasteiger partial charge in [-0.3, -0.25) is 14.4 Å². The summed E-state index contributed by atoms with van der Waals surface area (Å²) in [5.74, 6) is 2.83. The van der Waals surface area contributed by atoms with E-state index in [1.807, 2.05) is 0 Å². The Bertz CT molecular complexity index is 1080. The number of ether oxygens (including phenoxy) is 2. The van der Waals surface area contributed by atoms with Gasteiger partial charge >= 0.3 is 11.9 Å². The monoisotopic (exact) mass is 539 g/mol. The number of hydrogen-bond donors (Lipinski definition) is 0. The average Bonchev–Trinajstić information content (AvgIpc) is 3.21.